The first-order chi connectivity index (χ1) is 20.0. The molecule has 2 aromatic carbocycles. The molecule has 0 aliphatic carbocycles. The van der Waals surface area contributed by atoms with Crippen LogP contribution in [0.5, 0.6) is 17.2 Å². The van der Waals surface area contributed by atoms with Gasteiger partial charge in [0.15, 0.2) is 21.6 Å². The Labute approximate surface area is 250 Å². The molecule has 1 saturated heterocycles. The molecule has 5 rings (SSSR count). The number of carbonyl (C=O) groups is 4. The van der Waals surface area contributed by atoms with Crippen LogP contribution in [-0.2, 0) is 14.4 Å². The molecule has 1 fully saturated rings. The quantitative estimate of drug-likeness (QED) is 0.114. The molecule has 2 aliphatic rings. The van der Waals surface area contributed by atoms with E-state index in [0.717, 1.165) is 17.1 Å². The number of aromatic hydroxyl groups is 3. The third-order valence-corrected chi connectivity index (χ3v) is 9.83. The molecule has 2 aliphatic heterocycles. The molecule has 0 saturated carbocycles. The Bertz CT molecular complexity index is 1590. The number of benzene rings is 2. The smallest absolute Gasteiger partial charge is 0.352 e. The molecule has 1 aromatic heterocycles. The minimum atomic E-state index is -1.29. The zero-order valence-electron chi connectivity index (χ0n) is 21.7. The Morgan fingerprint density at radius 1 is 1.12 bits per heavy atom. The van der Waals surface area contributed by atoms with E-state index < -0.39 is 58.4 Å². The van der Waals surface area contributed by atoms with Gasteiger partial charge in [0.2, 0.25) is 5.91 Å². The first kappa shape index (κ1) is 29.2. The van der Waals surface area contributed by atoms with Crippen molar-refractivity contribution in [2.45, 2.75) is 28.7 Å². The number of carboxylic acids is 1. The molecule has 2 unspecified atom stereocenters. The molecule has 16 heteroatoms. The number of carbonyl (C=O) groups excluding carboxylic acids is 3. The van der Waals surface area contributed by atoms with E-state index in [9.17, 15) is 39.6 Å². The Kier molecular flexibility index (Phi) is 8.29. The number of thioether (sulfide) groups is 2. The molecule has 0 spiro atoms. The molecule has 13 nitrogen and oxygen atoms in total. The van der Waals surface area contributed by atoms with E-state index in [1.165, 1.54) is 39.8 Å². The number of amides is 3. The lowest BCUT2D eigenvalue weighted by molar-refractivity contribution is -0.151. The van der Waals surface area contributed by atoms with Gasteiger partial charge in [-0.3, -0.25) is 19.3 Å². The van der Waals surface area contributed by atoms with Gasteiger partial charge in [-0.05, 0) is 30.2 Å². The van der Waals surface area contributed by atoms with E-state index in [0.29, 0.717) is 27.0 Å². The maximum atomic E-state index is 13.5. The first-order valence-corrected chi connectivity index (χ1v) is 15.1. The number of carboxylic acid groups (broad SMARTS) is 1. The van der Waals surface area contributed by atoms with Gasteiger partial charge in [-0.2, -0.15) is 0 Å². The van der Waals surface area contributed by atoms with E-state index in [1.54, 1.807) is 30.3 Å². The molecular formula is C26H23N5O8S3. The highest BCUT2D eigenvalue weighted by Gasteiger charge is 2.54. The largest absolute Gasteiger partial charge is 0.504 e. The fraction of sp³-hybridized carbons (Fsp3) is 0.231. The van der Waals surface area contributed by atoms with Gasteiger partial charge < -0.3 is 31.1 Å². The second-order valence-corrected chi connectivity index (χ2v) is 12.7. The zero-order valence-corrected chi connectivity index (χ0v) is 24.1. The highest BCUT2D eigenvalue weighted by atomic mass is 32.2. The van der Waals surface area contributed by atoms with E-state index in [-0.39, 0.29) is 11.3 Å². The summed E-state index contributed by atoms with van der Waals surface area (Å²) in [6.45, 7) is 1.81. The predicted molar refractivity (Wildman–Crippen MR) is 153 cm³/mol. The fourth-order valence-electron chi connectivity index (χ4n) is 4.41. The average Bonchev–Trinajstić information content (AvgIpc) is 3.40. The normalized spacial score (nSPS) is 18.6. The summed E-state index contributed by atoms with van der Waals surface area (Å²) in [6.07, 6.45) is 0. The van der Waals surface area contributed by atoms with Crippen LogP contribution >= 0.6 is 34.9 Å². The van der Waals surface area contributed by atoms with Crippen LogP contribution in [-0.4, -0.2) is 82.1 Å². The van der Waals surface area contributed by atoms with Crippen LogP contribution in [0.1, 0.15) is 27.0 Å². The van der Waals surface area contributed by atoms with Crippen LogP contribution in [0.25, 0.3) is 0 Å². The maximum absolute atomic E-state index is 13.5. The topological polar surface area (TPSA) is 202 Å². The molecule has 3 amide bonds. The molecule has 6 N–H and O–H groups in total. The van der Waals surface area contributed by atoms with Crippen molar-refractivity contribution in [1.82, 2.24) is 25.7 Å². The number of hydrogen-bond acceptors (Lipinski definition) is 12. The van der Waals surface area contributed by atoms with Crippen molar-refractivity contribution >= 4 is 58.6 Å². The van der Waals surface area contributed by atoms with Crippen molar-refractivity contribution in [1.29, 1.82) is 0 Å². The van der Waals surface area contributed by atoms with E-state index >= 15 is 0 Å². The third kappa shape index (κ3) is 5.73. The van der Waals surface area contributed by atoms with Crippen LogP contribution in [0.15, 0.2) is 58.1 Å². The fourth-order valence-corrected chi connectivity index (χ4v) is 7.71. The lowest BCUT2D eigenvalue weighted by atomic mass is 10.0. The number of aryl methyl sites for hydroxylation is 1. The van der Waals surface area contributed by atoms with Crippen LogP contribution in [0, 0.1) is 6.92 Å². The Morgan fingerprint density at radius 2 is 1.81 bits per heavy atom. The Balaban J connectivity index is 1.33. The molecule has 3 aromatic rings. The minimum absolute atomic E-state index is 0.122. The summed E-state index contributed by atoms with van der Waals surface area (Å²) in [5, 5.41) is 52.4. The Morgan fingerprint density at radius 3 is 2.43 bits per heavy atom. The number of nitrogens with zero attached hydrogens (tertiary/aromatic N) is 3. The average molecular weight is 630 g/mol. The zero-order chi connectivity index (χ0) is 30.1. The van der Waals surface area contributed by atoms with Crippen molar-refractivity contribution in [2.75, 3.05) is 11.5 Å². The van der Waals surface area contributed by atoms with E-state index in [1.807, 2.05) is 6.92 Å². The number of fused-ring (bicyclic) bond motifs is 1. The minimum Gasteiger partial charge on any atom is -0.504 e. The molecule has 0 radical (unpaired) electrons. The van der Waals surface area contributed by atoms with Gasteiger partial charge in [0, 0.05) is 17.1 Å². The SMILES string of the molecule is Cc1nnc(SCC2=C(C(=O)O)N3C(=O)C(NC(=O)C(NC(=O)c4cc(O)c(O)c(O)c4)c4ccccc4)[C@H]3SC2)s1. The van der Waals surface area contributed by atoms with Crippen molar-refractivity contribution in [3.8, 4) is 17.2 Å². The van der Waals surface area contributed by atoms with Crippen LogP contribution in [0.3, 0.4) is 0 Å². The van der Waals surface area contributed by atoms with E-state index in [2.05, 4.69) is 20.8 Å². The van der Waals surface area contributed by atoms with Gasteiger partial charge in [-0.15, -0.1) is 22.0 Å². The summed E-state index contributed by atoms with van der Waals surface area (Å²) in [6, 6.07) is 7.73. The van der Waals surface area contributed by atoms with Gasteiger partial charge in [-0.1, -0.05) is 53.4 Å². The highest BCUT2D eigenvalue weighted by Crippen LogP contribution is 2.42. The molecular weight excluding hydrogens is 607 g/mol. The third-order valence-electron chi connectivity index (χ3n) is 6.43. The van der Waals surface area contributed by atoms with Gasteiger partial charge >= 0.3 is 5.97 Å². The van der Waals surface area contributed by atoms with Crippen LogP contribution in [0.2, 0.25) is 0 Å². The van der Waals surface area contributed by atoms with Crippen molar-refractivity contribution in [3.63, 3.8) is 0 Å². The first-order valence-electron chi connectivity index (χ1n) is 12.3. The van der Waals surface area contributed by atoms with E-state index in [4.69, 9.17) is 0 Å². The molecule has 0 bridgehead atoms. The molecule has 218 valence electrons. The van der Waals surface area contributed by atoms with Crippen molar-refractivity contribution in [2.24, 2.45) is 0 Å². The number of β-lactam (4-membered cyclic amide) rings is 1. The van der Waals surface area contributed by atoms with Gasteiger partial charge in [0.1, 0.15) is 28.2 Å². The second kappa shape index (κ2) is 11.9. The predicted octanol–water partition coefficient (Wildman–Crippen LogP) is 1.97. The second-order valence-electron chi connectivity index (χ2n) is 9.21. The van der Waals surface area contributed by atoms with Crippen molar-refractivity contribution in [3.05, 3.63) is 69.9 Å². The number of rotatable bonds is 9. The summed E-state index contributed by atoms with van der Waals surface area (Å²) in [5.74, 6) is -5.05. The number of phenols is 3. The number of aliphatic carboxylic acids is 1. The highest BCUT2D eigenvalue weighted by molar-refractivity contribution is 8.01. The Hall–Kier alpha value is -4.28. The van der Waals surface area contributed by atoms with Gasteiger partial charge in [0.05, 0.1) is 0 Å². The van der Waals surface area contributed by atoms with Crippen LogP contribution < -0.4 is 10.6 Å². The summed E-state index contributed by atoms with van der Waals surface area (Å²) in [5.41, 5.74) is 0.584. The summed E-state index contributed by atoms with van der Waals surface area (Å²) in [7, 11) is 0. The number of aromatic nitrogens is 2. The monoisotopic (exact) mass is 629 g/mol. The number of phenolic OH excluding ortho intramolecular Hbond substituents is 3. The van der Waals surface area contributed by atoms with Gasteiger partial charge in [-0.25, -0.2) is 4.79 Å². The molecule has 3 atom stereocenters. The lowest BCUT2D eigenvalue weighted by Crippen LogP contribution is -2.71. The summed E-state index contributed by atoms with van der Waals surface area (Å²) in [4.78, 5) is 53.0. The maximum Gasteiger partial charge on any atom is 0.352 e. The summed E-state index contributed by atoms with van der Waals surface area (Å²) < 4.78 is 0.684. The van der Waals surface area contributed by atoms with Crippen molar-refractivity contribution < 1.29 is 39.6 Å². The molecule has 42 heavy (non-hydrogen) atoms. The standard InChI is InChI=1S/C26H23N5O8S3/c1-11-29-30-26(42-11)41-10-14-9-40-24-18(23(37)31(24)19(14)25(38)39)28-22(36)17(12-5-3-2-4-6-12)27-21(35)13-7-15(32)20(34)16(33)8-13/h2-8,17-18,24,32-34H,9-10H2,1H3,(H,27,35)(H,28,36)(H,38,39)/t17?,18?,24-/m1/s1. The van der Waals surface area contributed by atoms with Crippen LogP contribution in [0.4, 0.5) is 0 Å². The molecule has 3 heterocycles. The summed E-state index contributed by atoms with van der Waals surface area (Å²) >= 11 is 4.03. The lowest BCUT2D eigenvalue weighted by Gasteiger charge is -2.49. The number of nitrogens with one attached hydrogen (secondary N) is 2. The van der Waals surface area contributed by atoms with Gasteiger partial charge in [0.25, 0.3) is 11.8 Å². The number of hydrogen-bond donors (Lipinski definition) is 6.